The Hall–Kier alpha value is -4.22. The molecule has 3 aromatic carbocycles. The van der Waals surface area contributed by atoms with E-state index < -0.39 is 52.8 Å². The van der Waals surface area contributed by atoms with E-state index in [1.165, 1.54) is 50.7 Å². The van der Waals surface area contributed by atoms with Gasteiger partial charge < -0.3 is 9.47 Å². The third-order valence-electron chi connectivity index (χ3n) is 8.60. The van der Waals surface area contributed by atoms with Gasteiger partial charge in [-0.05, 0) is 85.0 Å². The van der Waals surface area contributed by atoms with E-state index in [0.717, 1.165) is 30.4 Å². The maximum atomic E-state index is 15.2. The number of alkyl halides is 5. The van der Waals surface area contributed by atoms with Crippen LogP contribution in [-0.4, -0.2) is 11.3 Å². The van der Waals surface area contributed by atoms with Crippen LogP contribution in [0.15, 0.2) is 66.9 Å². The number of pyridine rings is 1. The summed E-state index contributed by atoms with van der Waals surface area (Å²) in [6.07, 6.45) is 1.39. The Morgan fingerprint density at radius 2 is 1.40 bits per heavy atom. The summed E-state index contributed by atoms with van der Waals surface area (Å²) >= 11 is 0. The molecule has 1 heterocycles. The van der Waals surface area contributed by atoms with Crippen molar-refractivity contribution >= 4 is 0 Å². The first-order chi connectivity index (χ1) is 22.7. The molecule has 0 spiro atoms. The standard InChI is InChI=1S/C36H32F9NO2/c1-2-3-4-5-21-6-8-22(9-7-21)24-11-14-32(46-20-24)23-10-13-27(28(37)16-23)25-17-30(39)34(31(40)18-25)35(41,42)47-26-12-15-33(29(38)19-26)48-36(43,44)45/h10-22H,2-9H2,1H3. The van der Waals surface area contributed by atoms with Gasteiger partial charge >= 0.3 is 12.5 Å². The van der Waals surface area contributed by atoms with Crippen molar-refractivity contribution in [1.29, 1.82) is 0 Å². The first-order valence-corrected chi connectivity index (χ1v) is 15.6. The van der Waals surface area contributed by atoms with Gasteiger partial charge in [0.05, 0.1) is 5.69 Å². The van der Waals surface area contributed by atoms with Crippen molar-refractivity contribution in [2.45, 2.75) is 76.7 Å². The summed E-state index contributed by atoms with van der Waals surface area (Å²) in [4.78, 5) is 4.51. The topological polar surface area (TPSA) is 31.4 Å². The van der Waals surface area contributed by atoms with Crippen molar-refractivity contribution < 1.29 is 49.0 Å². The van der Waals surface area contributed by atoms with Gasteiger partial charge in [0.25, 0.3) is 0 Å². The summed E-state index contributed by atoms with van der Waals surface area (Å²) in [5.41, 5.74) is -0.528. The molecule has 256 valence electrons. The number of hydrogen-bond acceptors (Lipinski definition) is 3. The molecule has 0 saturated heterocycles. The number of ether oxygens (including phenoxy) is 2. The van der Waals surface area contributed by atoms with Crippen molar-refractivity contribution in [1.82, 2.24) is 4.98 Å². The molecular weight excluding hydrogens is 649 g/mol. The van der Waals surface area contributed by atoms with Crippen molar-refractivity contribution in [2.24, 2.45) is 5.92 Å². The monoisotopic (exact) mass is 681 g/mol. The second-order valence-corrected chi connectivity index (χ2v) is 12.0. The number of aromatic nitrogens is 1. The lowest BCUT2D eigenvalue weighted by atomic mass is 9.77. The van der Waals surface area contributed by atoms with Crippen molar-refractivity contribution in [3.63, 3.8) is 0 Å². The Morgan fingerprint density at radius 3 is 1.98 bits per heavy atom. The zero-order chi connectivity index (χ0) is 34.6. The lowest BCUT2D eigenvalue weighted by Gasteiger charge is -2.28. The Labute approximate surface area is 271 Å². The van der Waals surface area contributed by atoms with Gasteiger partial charge in [-0.2, -0.15) is 8.78 Å². The quantitative estimate of drug-likeness (QED) is 0.117. The number of nitrogens with zero attached hydrogens (tertiary/aromatic N) is 1. The van der Waals surface area contributed by atoms with Gasteiger partial charge in [-0.3, -0.25) is 4.98 Å². The van der Waals surface area contributed by atoms with Gasteiger partial charge in [-0.25, -0.2) is 17.6 Å². The number of unbranched alkanes of at least 4 members (excludes halogenated alkanes) is 2. The summed E-state index contributed by atoms with van der Waals surface area (Å²) in [6.45, 7) is 2.20. The van der Waals surface area contributed by atoms with E-state index in [1.54, 1.807) is 12.3 Å². The molecule has 1 fully saturated rings. The molecule has 0 radical (unpaired) electrons. The fourth-order valence-electron chi connectivity index (χ4n) is 6.15. The Kier molecular flexibility index (Phi) is 10.6. The van der Waals surface area contributed by atoms with Crippen LogP contribution in [0.2, 0.25) is 0 Å². The zero-order valence-corrected chi connectivity index (χ0v) is 25.8. The highest BCUT2D eigenvalue weighted by molar-refractivity contribution is 5.70. The van der Waals surface area contributed by atoms with Gasteiger partial charge in [-0.15, -0.1) is 13.2 Å². The molecule has 0 N–H and O–H groups in total. The van der Waals surface area contributed by atoms with Crippen LogP contribution in [0.5, 0.6) is 11.5 Å². The predicted octanol–water partition coefficient (Wildman–Crippen LogP) is 11.9. The molecule has 0 unspecified atom stereocenters. The molecule has 1 saturated carbocycles. The highest BCUT2D eigenvalue weighted by Gasteiger charge is 2.42. The summed E-state index contributed by atoms with van der Waals surface area (Å²) in [5.74, 6) is -7.38. The third-order valence-corrected chi connectivity index (χ3v) is 8.60. The van der Waals surface area contributed by atoms with Crippen LogP contribution in [0, 0.1) is 29.2 Å². The van der Waals surface area contributed by atoms with Gasteiger partial charge in [0.1, 0.15) is 28.8 Å². The SMILES string of the molecule is CCCCCC1CCC(c2ccc(-c3ccc(-c4cc(F)c(C(F)(F)Oc5ccc(OC(F)(F)F)c(F)c5)c(F)c4)c(F)c3)nc2)CC1. The highest BCUT2D eigenvalue weighted by Crippen LogP contribution is 2.40. The minimum atomic E-state index is -5.25. The lowest BCUT2D eigenvalue weighted by Crippen LogP contribution is -2.25. The molecule has 1 aromatic heterocycles. The zero-order valence-electron chi connectivity index (χ0n) is 25.8. The number of halogens is 9. The highest BCUT2D eigenvalue weighted by atomic mass is 19.4. The van der Waals surface area contributed by atoms with E-state index in [2.05, 4.69) is 21.4 Å². The van der Waals surface area contributed by atoms with Crippen molar-refractivity contribution in [2.75, 3.05) is 0 Å². The van der Waals surface area contributed by atoms with Gasteiger partial charge in [0, 0.05) is 23.4 Å². The summed E-state index contributed by atoms with van der Waals surface area (Å²) in [6, 6.07) is 9.60. The van der Waals surface area contributed by atoms with Gasteiger partial charge in [0.2, 0.25) is 0 Å². The molecule has 3 nitrogen and oxygen atoms in total. The molecule has 0 aliphatic heterocycles. The van der Waals surface area contributed by atoms with E-state index in [1.807, 2.05) is 6.07 Å². The van der Waals surface area contributed by atoms with E-state index >= 15 is 4.39 Å². The second-order valence-electron chi connectivity index (χ2n) is 12.0. The Morgan fingerprint density at radius 1 is 0.708 bits per heavy atom. The first kappa shape index (κ1) is 35.1. The number of benzene rings is 3. The molecule has 0 atom stereocenters. The van der Waals surface area contributed by atoms with Crippen LogP contribution >= 0.6 is 0 Å². The normalized spacial score (nSPS) is 17.0. The Balaban J connectivity index is 1.28. The van der Waals surface area contributed by atoms with Gasteiger partial charge in [0.15, 0.2) is 11.6 Å². The van der Waals surface area contributed by atoms with Crippen LogP contribution in [0.4, 0.5) is 39.5 Å². The van der Waals surface area contributed by atoms with E-state index in [0.29, 0.717) is 41.4 Å². The average Bonchev–Trinajstić information content (AvgIpc) is 3.01. The van der Waals surface area contributed by atoms with Crippen LogP contribution in [0.25, 0.3) is 22.4 Å². The minimum absolute atomic E-state index is 0.138. The maximum Gasteiger partial charge on any atom is 0.573 e. The second kappa shape index (κ2) is 14.5. The molecule has 5 rings (SSSR count). The molecule has 1 aliphatic carbocycles. The number of rotatable bonds is 11. The van der Waals surface area contributed by atoms with E-state index in [9.17, 15) is 35.1 Å². The summed E-state index contributed by atoms with van der Waals surface area (Å²) in [5, 5.41) is 0. The minimum Gasteiger partial charge on any atom is -0.429 e. The molecular formula is C36H32F9NO2. The third kappa shape index (κ3) is 8.43. The fraction of sp³-hybridized carbons (Fsp3) is 0.361. The maximum absolute atomic E-state index is 15.2. The Bertz CT molecular complexity index is 1690. The lowest BCUT2D eigenvalue weighted by molar-refractivity contribution is -0.275. The molecule has 0 bridgehead atoms. The average molecular weight is 682 g/mol. The number of hydrogen-bond donors (Lipinski definition) is 0. The van der Waals surface area contributed by atoms with Crippen LogP contribution in [0.3, 0.4) is 0 Å². The molecule has 0 amide bonds. The smallest absolute Gasteiger partial charge is 0.429 e. The van der Waals surface area contributed by atoms with E-state index in [4.69, 9.17) is 0 Å². The van der Waals surface area contributed by atoms with Crippen LogP contribution in [-0.2, 0) is 6.11 Å². The van der Waals surface area contributed by atoms with Crippen molar-refractivity contribution in [3.8, 4) is 33.9 Å². The van der Waals surface area contributed by atoms with Crippen LogP contribution < -0.4 is 9.47 Å². The fourth-order valence-corrected chi connectivity index (χ4v) is 6.15. The van der Waals surface area contributed by atoms with Crippen LogP contribution in [0.1, 0.15) is 75.3 Å². The summed E-state index contributed by atoms with van der Waals surface area (Å²) < 4.78 is 133. The summed E-state index contributed by atoms with van der Waals surface area (Å²) in [7, 11) is 0. The van der Waals surface area contributed by atoms with E-state index in [-0.39, 0.29) is 17.2 Å². The largest absolute Gasteiger partial charge is 0.573 e. The molecule has 1 aliphatic rings. The van der Waals surface area contributed by atoms with Crippen molar-refractivity contribution in [3.05, 3.63) is 101 Å². The molecule has 12 heteroatoms. The molecule has 48 heavy (non-hydrogen) atoms. The predicted molar refractivity (Wildman–Crippen MR) is 161 cm³/mol. The first-order valence-electron chi connectivity index (χ1n) is 15.6. The van der Waals surface area contributed by atoms with Gasteiger partial charge in [-0.1, -0.05) is 50.8 Å². The molecule has 4 aromatic rings.